The van der Waals surface area contributed by atoms with E-state index in [0.29, 0.717) is 17.5 Å². The van der Waals surface area contributed by atoms with Crippen LogP contribution in [0.15, 0.2) is 0 Å². The highest BCUT2D eigenvalue weighted by atomic mass is 32.1. The first kappa shape index (κ1) is 6.14. The van der Waals surface area contributed by atoms with Crippen molar-refractivity contribution in [2.75, 3.05) is 0 Å². The Balaban J connectivity index is 2.34. The van der Waals surface area contributed by atoms with Gasteiger partial charge < -0.3 is 0 Å². The SMILES string of the molecule is O=C1CCCC(S)C1. The largest absolute Gasteiger partial charge is 0.300 e. The molecule has 1 rings (SSSR count). The van der Waals surface area contributed by atoms with Crippen LogP contribution in [-0.2, 0) is 4.79 Å². The van der Waals surface area contributed by atoms with Crippen LogP contribution in [-0.4, -0.2) is 11.0 Å². The van der Waals surface area contributed by atoms with Gasteiger partial charge >= 0.3 is 0 Å². The smallest absolute Gasteiger partial charge is 0.134 e. The highest BCUT2D eigenvalue weighted by molar-refractivity contribution is 7.81. The third kappa shape index (κ3) is 1.51. The molecule has 2 heteroatoms. The fourth-order valence-electron chi connectivity index (χ4n) is 1.00. The average molecular weight is 130 g/mol. The molecule has 1 aliphatic rings. The van der Waals surface area contributed by atoms with Gasteiger partial charge in [-0.2, -0.15) is 12.6 Å². The summed E-state index contributed by atoms with van der Waals surface area (Å²) < 4.78 is 0. The molecular weight excluding hydrogens is 120 g/mol. The molecule has 0 heterocycles. The Labute approximate surface area is 54.9 Å². The quantitative estimate of drug-likeness (QED) is 0.491. The average Bonchev–Trinajstić information content (AvgIpc) is 1.64. The van der Waals surface area contributed by atoms with E-state index in [1.165, 1.54) is 0 Å². The fourth-order valence-corrected chi connectivity index (χ4v) is 1.39. The van der Waals surface area contributed by atoms with Crippen molar-refractivity contribution in [2.45, 2.75) is 30.9 Å². The molecule has 1 nitrogen and oxygen atoms in total. The van der Waals surface area contributed by atoms with Gasteiger partial charge in [-0.05, 0) is 12.8 Å². The van der Waals surface area contributed by atoms with Gasteiger partial charge in [-0.15, -0.1) is 0 Å². The van der Waals surface area contributed by atoms with Gasteiger partial charge in [-0.1, -0.05) is 0 Å². The van der Waals surface area contributed by atoms with Crippen molar-refractivity contribution in [1.82, 2.24) is 0 Å². The van der Waals surface area contributed by atoms with E-state index in [1.54, 1.807) is 0 Å². The molecule has 1 aliphatic carbocycles. The summed E-state index contributed by atoms with van der Waals surface area (Å²) in [6.45, 7) is 0. The molecule has 0 radical (unpaired) electrons. The van der Waals surface area contributed by atoms with Gasteiger partial charge in [-0.3, -0.25) is 4.79 Å². The molecule has 8 heavy (non-hydrogen) atoms. The predicted octanol–water partition coefficient (Wildman–Crippen LogP) is 1.43. The Hall–Kier alpha value is 0.0200. The zero-order chi connectivity index (χ0) is 5.98. The second-order valence-electron chi connectivity index (χ2n) is 2.29. The van der Waals surface area contributed by atoms with Crippen LogP contribution in [0.1, 0.15) is 25.7 Å². The lowest BCUT2D eigenvalue weighted by Crippen LogP contribution is -2.14. The summed E-state index contributed by atoms with van der Waals surface area (Å²) in [5.41, 5.74) is 0. The van der Waals surface area contributed by atoms with Crippen molar-refractivity contribution in [1.29, 1.82) is 0 Å². The number of ketones is 1. The molecule has 0 aliphatic heterocycles. The summed E-state index contributed by atoms with van der Waals surface area (Å²) in [7, 11) is 0. The number of carbonyl (C=O) groups is 1. The number of rotatable bonds is 0. The van der Waals surface area contributed by atoms with Crippen LogP contribution in [0.2, 0.25) is 0 Å². The van der Waals surface area contributed by atoms with Crippen LogP contribution in [0.5, 0.6) is 0 Å². The molecule has 0 bridgehead atoms. The molecule has 0 saturated heterocycles. The van der Waals surface area contributed by atoms with E-state index >= 15 is 0 Å². The normalized spacial score (nSPS) is 30.6. The van der Waals surface area contributed by atoms with Crippen LogP contribution in [0.25, 0.3) is 0 Å². The lowest BCUT2D eigenvalue weighted by atomic mass is 9.99. The summed E-state index contributed by atoms with van der Waals surface area (Å²) in [6, 6.07) is 0. The van der Waals surface area contributed by atoms with Crippen LogP contribution < -0.4 is 0 Å². The fraction of sp³-hybridized carbons (Fsp3) is 0.833. The lowest BCUT2D eigenvalue weighted by Gasteiger charge is -2.13. The van der Waals surface area contributed by atoms with Crippen LogP contribution in [0.3, 0.4) is 0 Å². The molecule has 1 saturated carbocycles. The van der Waals surface area contributed by atoms with Gasteiger partial charge in [-0.25, -0.2) is 0 Å². The molecule has 1 atom stereocenters. The van der Waals surface area contributed by atoms with E-state index in [1.807, 2.05) is 0 Å². The van der Waals surface area contributed by atoms with E-state index in [4.69, 9.17) is 0 Å². The van der Waals surface area contributed by atoms with Crippen LogP contribution in [0, 0.1) is 0 Å². The van der Waals surface area contributed by atoms with Crippen LogP contribution in [0.4, 0.5) is 0 Å². The van der Waals surface area contributed by atoms with Crippen molar-refractivity contribution < 1.29 is 4.79 Å². The molecule has 0 N–H and O–H groups in total. The zero-order valence-electron chi connectivity index (χ0n) is 4.76. The Morgan fingerprint density at radius 3 is 2.75 bits per heavy atom. The first-order valence-corrected chi connectivity index (χ1v) is 3.50. The molecule has 0 aromatic rings. The maximum absolute atomic E-state index is 10.6. The predicted molar refractivity (Wildman–Crippen MR) is 36.2 cm³/mol. The summed E-state index contributed by atoms with van der Waals surface area (Å²) in [6.07, 6.45) is 3.65. The van der Waals surface area contributed by atoms with Crippen molar-refractivity contribution in [3.05, 3.63) is 0 Å². The second-order valence-corrected chi connectivity index (χ2v) is 3.02. The lowest BCUT2D eigenvalue weighted by molar-refractivity contribution is -0.120. The van der Waals surface area contributed by atoms with Gasteiger partial charge in [0, 0.05) is 18.1 Å². The number of hydrogen-bond donors (Lipinski definition) is 1. The molecule has 0 aromatic heterocycles. The first-order valence-electron chi connectivity index (χ1n) is 2.99. The molecule has 1 unspecified atom stereocenters. The Morgan fingerprint density at radius 2 is 2.38 bits per heavy atom. The zero-order valence-corrected chi connectivity index (χ0v) is 5.66. The Kier molecular flexibility index (Phi) is 1.95. The van der Waals surface area contributed by atoms with Gasteiger partial charge in [0.15, 0.2) is 0 Å². The van der Waals surface area contributed by atoms with Gasteiger partial charge in [0.25, 0.3) is 0 Å². The summed E-state index contributed by atoms with van der Waals surface area (Å²) in [5, 5.41) is 0.358. The Morgan fingerprint density at radius 1 is 1.62 bits per heavy atom. The van der Waals surface area contributed by atoms with Crippen molar-refractivity contribution in [3.63, 3.8) is 0 Å². The third-order valence-electron chi connectivity index (χ3n) is 1.46. The third-order valence-corrected chi connectivity index (χ3v) is 1.90. The van der Waals surface area contributed by atoms with Gasteiger partial charge in [0.2, 0.25) is 0 Å². The highest BCUT2D eigenvalue weighted by Gasteiger charge is 2.14. The Bertz CT molecular complexity index is 101. The summed E-state index contributed by atoms with van der Waals surface area (Å²) >= 11 is 4.20. The van der Waals surface area contributed by atoms with E-state index in [0.717, 1.165) is 19.3 Å². The minimum Gasteiger partial charge on any atom is -0.300 e. The van der Waals surface area contributed by atoms with Crippen molar-refractivity contribution in [3.8, 4) is 0 Å². The minimum absolute atomic E-state index is 0.358. The van der Waals surface area contributed by atoms with E-state index < -0.39 is 0 Å². The van der Waals surface area contributed by atoms with E-state index in [9.17, 15) is 4.79 Å². The molecular formula is C6H10OS. The van der Waals surface area contributed by atoms with E-state index in [-0.39, 0.29) is 0 Å². The number of hydrogen-bond acceptors (Lipinski definition) is 2. The summed E-state index contributed by atoms with van der Waals surface area (Å²) in [5.74, 6) is 0.385. The van der Waals surface area contributed by atoms with Crippen molar-refractivity contribution >= 4 is 18.4 Å². The maximum atomic E-state index is 10.6. The van der Waals surface area contributed by atoms with E-state index in [2.05, 4.69) is 12.6 Å². The monoisotopic (exact) mass is 130 g/mol. The van der Waals surface area contributed by atoms with Gasteiger partial charge in [0.1, 0.15) is 5.78 Å². The minimum atomic E-state index is 0.358. The van der Waals surface area contributed by atoms with Gasteiger partial charge in [0.05, 0.1) is 0 Å². The molecule has 46 valence electrons. The topological polar surface area (TPSA) is 17.1 Å². The molecule has 0 amide bonds. The molecule has 1 fully saturated rings. The molecule has 0 aromatic carbocycles. The first-order chi connectivity index (χ1) is 3.79. The van der Waals surface area contributed by atoms with Crippen LogP contribution >= 0.6 is 12.6 Å². The number of Topliss-reactive ketones (excluding diaryl/α,β-unsaturated/α-hetero) is 1. The highest BCUT2D eigenvalue weighted by Crippen LogP contribution is 2.18. The maximum Gasteiger partial charge on any atom is 0.134 e. The summed E-state index contributed by atoms with van der Waals surface area (Å²) in [4.78, 5) is 10.6. The molecule has 0 spiro atoms. The second kappa shape index (κ2) is 2.53. The number of carbonyl (C=O) groups excluding carboxylic acids is 1. The number of thiol groups is 1. The standard InChI is InChI=1S/C6H10OS/c7-5-2-1-3-6(8)4-5/h6,8H,1-4H2. The van der Waals surface area contributed by atoms with Crippen molar-refractivity contribution in [2.24, 2.45) is 0 Å².